The Kier molecular flexibility index (Phi) is 8.36. The molecule has 41 heavy (non-hydrogen) atoms. The van der Waals surface area contributed by atoms with Crippen LogP contribution in [0.3, 0.4) is 0 Å². The second-order valence-corrected chi connectivity index (χ2v) is 9.82. The van der Waals surface area contributed by atoms with Gasteiger partial charge in [-0.2, -0.15) is 23.3 Å². The molecule has 0 radical (unpaired) electrons. The summed E-state index contributed by atoms with van der Waals surface area (Å²) < 4.78 is 46.2. The number of carbonyl (C=O) groups is 1. The number of hydrogen-bond acceptors (Lipinski definition) is 8. The SMILES string of the molecule is Cc1ccc(C(=O)Nc2cccc(C(F)(F)F)c2)cc1Nc1nn(C)c2nc(NCCCN3CCOCC3)ncc12. The highest BCUT2D eigenvalue weighted by atomic mass is 19.4. The lowest BCUT2D eigenvalue weighted by Gasteiger charge is -2.26. The van der Waals surface area contributed by atoms with E-state index in [2.05, 4.69) is 35.9 Å². The summed E-state index contributed by atoms with van der Waals surface area (Å²) in [4.78, 5) is 24.3. The Bertz CT molecular complexity index is 1530. The van der Waals surface area contributed by atoms with E-state index in [1.807, 2.05) is 6.92 Å². The third-order valence-electron chi connectivity index (χ3n) is 6.82. The van der Waals surface area contributed by atoms with E-state index in [9.17, 15) is 18.0 Å². The fraction of sp³-hybridized carbons (Fsp3) is 0.357. The lowest BCUT2D eigenvalue weighted by Crippen LogP contribution is -2.37. The Balaban J connectivity index is 1.26. The Labute approximate surface area is 234 Å². The zero-order valence-corrected chi connectivity index (χ0v) is 22.8. The number of alkyl halides is 3. The minimum Gasteiger partial charge on any atom is -0.379 e. The van der Waals surface area contributed by atoms with Crippen LogP contribution in [0.4, 0.5) is 36.3 Å². The first kappa shape index (κ1) is 28.3. The van der Waals surface area contributed by atoms with Crippen molar-refractivity contribution in [1.82, 2.24) is 24.6 Å². The lowest BCUT2D eigenvalue weighted by molar-refractivity contribution is -0.137. The predicted octanol–water partition coefficient (Wildman–Crippen LogP) is 4.82. The summed E-state index contributed by atoms with van der Waals surface area (Å²) >= 11 is 0. The normalized spacial score (nSPS) is 14.3. The molecule has 5 rings (SSSR count). The highest BCUT2D eigenvalue weighted by Crippen LogP contribution is 2.31. The molecule has 10 nitrogen and oxygen atoms in total. The number of nitrogens with zero attached hydrogens (tertiary/aromatic N) is 5. The van der Waals surface area contributed by atoms with Crippen molar-refractivity contribution in [2.24, 2.45) is 7.05 Å². The predicted molar refractivity (Wildman–Crippen MR) is 151 cm³/mol. The molecule has 13 heteroatoms. The van der Waals surface area contributed by atoms with Crippen LogP contribution in [0, 0.1) is 6.92 Å². The number of ether oxygens (including phenoxy) is 1. The van der Waals surface area contributed by atoms with Crippen LogP contribution in [0.2, 0.25) is 0 Å². The molecule has 1 aliphatic rings. The summed E-state index contributed by atoms with van der Waals surface area (Å²) in [5.74, 6) is 0.490. The van der Waals surface area contributed by atoms with E-state index < -0.39 is 17.6 Å². The molecule has 0 bridgehead atoms. The molecule has 1 saturated heterocycles. The smallest absolute Gasteiger partial charge is 0.379 e. The number of nitrogens with one attached hydrogen (secondary N) is 3. The molecule has 1 aliphatic heterocycles. The summed E-state index contributed by atoms with van der Waals surface area (Å²) in [6.45, 7) is 7.06. The monoisotopic (exact) mass is 568 g/mol. The van der Waals surface area contributed by atoms with Gasteiger partial charge < -0.3 is 20.7 Å². The van der Waals surface area contributed by atoms with Crippen LogP contribution in [-0.2, 0) is 18.0 Å². The van der Waals surface area contributed by atoms with Crippen LogP contribution in [0.1, 0.15) is 27.9 Å². The average molecular weight is 569 g/mol. The highest BCUT2D eigenvalue weighted by molar-refractivity contribution is 6.05. The van der Waals surface area contributed by atoms with Gasteiger partial charge in [-0.25, -0.2) is 9.67 Å². The minimum absolute atomic E-state index is 0.0540. The molecule has 2 aromatic heterocycles. The number of benzene rings is 2. The molecule has 3 N–H and O–H groups in total. The second kappa shape index (κ2) is 12.1. The summed E-state index contributed by atoms with van der Waals surface area (Å²) in [6, 6.07) is 9.51. The number of anilines is 4. The van der Waals surface area contributed by atoms with E-state index in [-0.39, 0.29) is 11.3 Å². The third-order valence-corrected chi connectivity index (χ3v) is 6.82. The molecule has 2 aromatic carbocycles. The van der Waals surface area contributed by atoms with Crippen LogP contribution in [-0.4, -0.2) is 69.9 Å². The van der Waals surface area contributed by atoms with E-state index in [4.69, 9.17) is 4.74 Å². The van der Waals surface area contributed by atoms with Crippen molar-refractivity contribution in [3.63, 3.8) is 0 Å². The number of halogens is 3. The number of carbonyl (C=O) groups excluding carboxylic acids is 1. The first-order valence-corrected chi connectivity index (χ1v) is 13.3. The van der Waals surface area contributed by atoms with Crippen molar-refractivity contribution in [3.05, 3.63) is 65.4 Å². The molecule has 3 heterocycles. The summed E-state index contributed by atoms with van der Waals surface area (Å²) in [5, 5.41) is 14.3. The number of rotatable bonds is 9. The lowest BCUT2D eigenvalue weighted by atomic mass is 10.1. The van der Waals surface area contributed by atoms with Gasteiger partial charge in [-0.1, -0.05) is 12.1 Å². The Hall–Kier alpha value is -4.23. The number of aryl methyl sites for hydroxylation is 2. The molecule has 4 aromatic rings. The van der Waals surface area contributed by atoms with Crippen molar-refractivity contribution in [3.8, 4) is 0 Å². The van der Waals surface area contributed by atoms with Gasteiger partial charge >= 0.3 is 6.18 Å². The quantitative estimate of drug-likeness (QED) is 0.247. The molecule has 0 saturated carbocycles. The maximum Gasteiger partial charge on any atom is 0.416 e. The summed E-state index contributed by atoms with van der Waals surface area (Å²) in [6.07, 6.45) is -1.85. The fourth-order valence-corrected chi connectivity index (χ4v) is 4.54. The first-order chi connectivity index (χ1) is 19.7. The van der Waals surface area contributed by atoms with Gasteiger partial charge in [0.15, 0.2) is 11.5 Å². The Morgan fingerprint density at radius 1 is 1.12 bits per heavy atom. The van der Waals surface area contributed by atoms with E-state index >= 15 is 0 Å². The zero-order valence-electron chi connectivity index (χ0n) is 22.8. The van der Waals surface area contributed by atoms with Gasteiger partial charge in [-0.15, -0.1) is 0 Å². The maximum absolute atomic E-state index is 13.1. The standard InChI is InChI=1S/C28H31F3N8O2/c1-18-7-8-19(26(40)34-21-6-3-5-20(16-21)28(29,30)31)15-23(18)35-24-22-17-33-27(36-25(22)38(2)37-24)32-9-4-10-39-11-13-41-14-12-39/h3,5-8,15-17H,4,9-14H2,1-2H3,(H,34,40)(H,35,37)(H,32,33,36). The van der Waals surface area contributed by atoms with Crippen molar-refractivity contribution < 1.29 is 22.7 Å². The molecule has 0 spiro atoms. The average Bonchev–Trinajstić information content (AvgIpc) is 3.26. The van der Waals surface area contributed by atoms with Crippen LogP contribution in [0.15, 0.2) is 48.7 Å². The molecule has 216 valence electrons. The van der Waals surface area contributed by atoms with E-state index in [0.29, 0.717) is 28.5 Å². The van der Waals surface area contributed by atoms with Crippen molar-refractivity contribution in [1.29, 1.82) is 0 Å². The number of hydrogen-bond donors (Lipinski definition) is 3. The van der Waals surface area contributed by atoms with Gasteiger partial charge in [0.25, 0.3) is 5.91 Å². The van der Waals surface area contributed by atoms with Gasteiger partial charge in [0, 0.05) is 49.8 Å². The van der Waals surface area contributed by atoms with Crippen molar-refractivity contribution in [2.75, 3.05) is 55.3 Å². The fourth-order valence-electron chi connectivity index (χ4n) is 4.54. The number of aromatic nitrogens is 4. The van der Waals surface area contributed by atoms with Crippen molar-refractivity contribution in [2.45, 2.75) is 19.5 Å². The van der Waals surface area contributed by atoms with Crippen LogP contribution in [0.25, 0.3) is 11.0 Å². The van der Waals surface area contributed by atoms with Crippen molar-refractivity contribution >= 4 is 40.1 Å². The molecule has 0 unspecified atom stereocenters. The van der Waals surface area contributed by atoms with E-state index in [0.717, 1.165) is 63.5 Å². The largest absolute Gasteiger partial charge is 0.416 e. The van der Waals surface area contributed by atoms with Gasteiger partial charge in [0.2, 0.25) is 5.95 Å². The minimum atomic E-state index is -4.50. The highest BCUT2D eigenvalue weighted by Gasteiger charge is 2.30. The first-order valence-electron chi connectivity index (χ1n) is 13.3. The molecular weight excluding hydrogens is 537 g/mol. The Morgan fingerprint density at radius 3 is 2.71 bits per heavy atom. The number of amides is 1. The number of fused-ring (bicyclic) bond motifs is 1. The van der Waals surface area contributed by atoms with E-state index in [1.54, 1.807) is 36.1 Å². The van der Waals surface area contributed by atoms with E-state index in [1.165, 1.54) is 12.1 Å². The number of morpholine rings is 1. The van der Waals surface area contributed by atoms with Gasteiger partial charge in [0.1, 0.15) is 0 Å². The molecule has 0 aliphatic carbocycles. The second-order valence-electron chi connectivity index (χ2n) is 9.82. The summed E-state index contributed by atoms with van der Waals surface area (Å²) in [7, 11) is 1.79. The van der Waals surface area contributed by atoms with Gasteiger partial charge in [0.05, 0.1) is 24.2 Å². The maximum atomic E-state index is 13.1. The zero-order chi connectivity index (χ0) is 29.0. The van der Waals surface area contributed by atoms with Crippen LogP contribution < -0.4 is 16.0 Å². The van der Waals surface area contributed by atoms with Crippen LogP contribution in [0.5, 0.6) is 0 Å². The van der Waals surface area contributed by atoms with Gasteiger partial charge in [-0.05, 0) is 55.8 Å². The molecule has 1 amide bonds. The Morgan fingerprint density at radius 2 is 1.93 bits per heavy atom. The van der Waals surface area contributed by atoms with Gasteiger partial charge in [-0.3, -0.25) is 9.69 Å². The van der Waals surface area contributed by atoms with Crippen LogP contribution >= 0.6 is 0 Å². The molecule has 1 fully saturated rings. The molecular formula is C28H31F3N8O2. The third kappa shape index (κ3) is 6.92. The summed E-state index contributed by atoms with van der Waals surface area (Å²) in [5.41, 5.74) is 1.59. The molecule has 0 atom stereocenters. The topological polar surface area (TPSA) is 109 Å².